The summed E-state index contributed by atoms with van der Waals surface area (Å²) < 4.78 is 1.35. The lowest BCUT2D eigenvalue weighted by atomic mass is 9.86. The number of fused-ring (bicyclic) bond motifs is 8. The minimum atomic E-state index is 1.27. The number of benzene rings is 8. The summed E-state index contributed by atoms with van der Waals surface area (Å²) in [6.45, 7) is 0. The van der Waals surface area contributed by atoms with Crippen LogP contribution in [0.5, 0.6) is 0 Å². The Hall–Kier alpha value is -4.98. The predicted molar refractivity (Wildman–Crippen MR) is 180 cm³/mol. The van der Waals surface area contributed by atoms with Gasteiger partial charge in [0, 0.05) is 21.0 Å². The Balaban J connectivity index is 1.42. The van der Waals surface area contributed by atoms with Gasteiger partial charge in [0.1, 0.15) is 0 Å². The maximum absolute atomic E-state index is 2.40. The molecule has 0 bridgehead atoms. The van der Waals surface area contributed by atoms with Gasteiger partial charge in [0.05, 0.1) is 0 Å². The average Bonchev–Trinajstić information content (AvgIpc) is 3.47. The van der Waals surface area contributed by atoms with Gasteiger partial charge in [-0.3, -0.25) is 0 Å². The van der Waals surface area contributed by atoms with Gasteiger partial charge in [-0.1, -0.05) is 127 Å². The maximum Gasteiger partial charge on any atom is 0.0427 e. The van der Waals surface area contributed by atoms with Crippen molar-refractivity contribution in [2.24, 2.45) is 0 Å². The Morgan fingerprint density at radius 3 is 1.80 bits per heavy atom. The summed E-state index contributed by atoms with van der Waals surface area (Å²) in [4.78, 5) is 0. The van der Waals surface area contributed by atoms with Crippen molar-refractivity contribution in [3.05, 3.63) is 145 Å². The summed E-state index contributed by atoms with van der Waals surface area (Å²) >= 11 is 1.87. The molecule has 0 nitrogen and oxygen atoms in total. The molecule has 1 heterocycles. The molecule has 0 N–H and O–H groups in total. The molecule has 190 valence electrons. The summed E-state index contributed by atoms with van der Waals surface area (Å²) in [6.07, 6.45) is 0. The quantitative estimate of drug-likeness (QED) is 0.152. The van der Waals surface area contributed by atoms with E-state index in [0.29, 0.717) is 0 Å². The normalized spacial score (nSPS) is 11.9. The molecule has 0 spiro atoms. The van der Waals surface area contributed by atoms with Crippen molar-refractivity contribution in [2.75, 3.05) is 0 Å². The Morgan fingerprint density at radius 2 is 0.951 bits per heavy atom. The Kier molecular flexibility index (Phi) is 4.87. The van der Waals surface area contributed by atoms with E-state index in [1.54, 1.807) is 0 Å². The lowest BCUT2D eigenvalue weighted by molar-refractivity contribution is 1.67. The van der Waals surface area contributed by atoms with Gasteiger partial charge in [0.2, 0.25) is 0 Å². The first-order valence-corrected chi connectivity index (χ1v) is 15.0. The smallest absolute Gasteiger partial charge is 0.0427 e. The zero-order chi connectivity index (χ0) is 26.9. The van der Waals surface area contributed by atoms with E-state index >= 15 is 0 Å². The van der Waals surface area contributed by atoms with Gasteiger partial charge < -0.3 is 0 Å². The minimum absolute atomic E-state index is 1.27. The van der Waals surface area contributed by atoms with E-state index < -0.39 is 0 Å². The molecule has 41 heavy (non-hydrogen) atoms. The summed E-state index contributed by atoms with van der Waals surface area (Å²) in [5.41, 5.74) is 5.18. The molecule has 0 aliphatic carbocycles. The molecule has 9 aromatic rings. The van der Waals surface area contributed by atoms with E-state index in [1.165, 1.54) is 86.2 Å². The fourth-order valence-corrected chi connectivity index (χ4v) is 7.85. The number of hydrogen-bond donors (Lipinski definition) is 0. The van der Waals surface area contributed by atoms with Crippen LogP contribution in [0.25, 0.3) is 86.2 Å². The first-order valence-electron chi connectivity index (χ1n) is 14.1. The molecule has 0 aliphatic rings. The van der Waals surface area contributed by atoms with Crippen LogP contribution >= 0.6 is 11.3 Å². The second-order valence-electron chi connectivity index (χ2n) is 10.9. The van der Waals surface area contributed by atoms with Gasteiger partial charge in [-0.2, -0.15) is 0 Å². The minimum Gasteiger partial charge on any atom is -0.142 e. The fourth-order valence-electron chi connectivity index (χ4n) is 6.76. The zero-order valence-electron chi connectivity index (χ0n) is 22.3. The van der Waals surface area contributed by atoms with Crippen LogP contribution in [0.15, 0.2) is 145 Å². The van der Waals surface area contributed by atoms with Crippen LogP contribution in [-0.4, -0.2) is 0 Å². The lowest BCUT2D eigenvalue weighted by Crippen LogP contribution is -1.90. The predicted octanol–water partition coefficient (Wildman–Crippen LogP) is 12.0. The van der Waals surface area contributed by atoms with E-state index in [9.17, 15) is 0 Å². The highest BCUT2D eigenvalue weighted by Gasteiger charge is 2.19. The van der Waals surface area contributed by atoms with E-state index in [-0.39, 0.29) is 0 Å². The van der Waals surface area contributed by atoms with Crippen molar-refractivity contribution in [1.82, 2.24) is 0 Å². The van der Waals surface area contributed by atoms with E-state index in [0.717, 1.165) is 0 Å². The van der Waals surface area contributed by atoms with Crippen LogP contribution in [-0.2, 0) is 0 Å². The highest BCUT2D eigenvalue weighted by molar-refractivity contribution is 7.18. The summed E-state index contributed by atoms with van der Waals surface area (Å²) in [7, 11) is 0. The van der Waals surface area contributed by atoms with Crippen molar-refractivity contribution >= 4 is 75.3 Å². The summed E-state index contributed by atoms with van der Waals surface area (Å²) in [5, 5.41) is 16.6. The lowest BCUT2D eigenvalue weighted by Gasteiger charge is -2.16. The fraction of sp³-hybridized carbons (Fsp3) is 0. The van der Waals surface area contributed by atoms with Gasteiger partial charge in [-0.05, 0) is 82.7 Å². The zero-order valence-corrected chi connectivity index (χ0v) is 23.1. The topological polar surface area (TPSA) is 0 Å². The van der Waals surface area contributed by atoms with Gasteiger partial charge in [-0.15, -0.1) is 11.3 Å². The first kappa shape index (κ1) is 22.8. The van der Waals surface area contributed by atoms with E-state index in [1.807, 2.05) is 11.3 Å². The van der Waals surface area contributed by atoms with Crippen LogP contribution in [0.3, 0.4) is 0 Å². The monoisotopic (exact) mass is 536 g/mol. The largest absolute Gasteiger partial charge is 0.142 e. The molecule has 1 heteroatoms. The highest BCUT2D eigenvalue weighted by atomic mass is 32.1. The molecule has 0 unspecified atom stereocenters. The standard InChI is InChI=1S/C40H24S/c1-2-11-28-23-37-29(22-27(28)10-1)17-18-34(32-15-7-12-25-8-3-5-13-30(25)32)39(37)38-24-41-40-35-19-16-26-9-4-6-14-31(26)33(35)20-21-36(38)40/h1-24H. The van der Waals surface area contributed by atoms with Gasteiger partial charge in [-0.25, -0.2) is 0 Å². The molecule has 0 saturated heterocycles. The average molecular weight is 537 g/mol. The molecule has 9 rings (SSSR count). The molecule has 1 aromatic heterocycles. The molecule has 0 radical (unpaired) electrons. The van der Waals surface area contributed by atoms with Crippen molar-refractivity contribution in [3.8, 4) is 22.3 Å². The summed E-state index contributed by atoms with van der Waals surface area (Å²) in [5.74, 6) is 0. The van der Waals surface area contributed by atoms with E-state index in [2.05, 4.69) is 145 Å². The molecular weight excluding hydrogens is 513 g/mol. The van der Waals surface area contributed by atoms with Crippen LogP contribution in [0.4, 0.5) is 0 Å². The third-order valence-corrected chi connectivity index (χ3v) is 9.73. The van der Waals surface area contributed by atoms with Gasteiger partial charge in [0.25, 0.3) is 0 Å². The van der Waals surface area contributed by atoms with Crippen molar-refractivity contribution in [2.45, 2.75) is 0 Å². The van der Waals surface area contributed by atoms with Gasteiger partial charge in [0.15, 0.2) is 0 Å². The third-order valence-electron chi connectivity index (χ3n) is 8.70. The Bertz CT molecular complexity index is 2470. The molecule has 0 aliphatic heterocycles. The Labute approximate surface area is 241 Å². The van der Waals surface area contributed by atoms with Crippen molar-refractivity contribution in [1.29, 1.82) is 0 Å². The molecular formula is C40H24S. The third kappa shape index (κ3) is 3.40. The number of rotatable bonds is 2. The van der Waals surface area contributed by atoms with Crippen molar-refractivity contribution < 1.29 is 0 Å². The summed E-state index contributed by atoms with van der Waals surface area (Å²) in [6, 6.07) is 51.5. The molecule has 0 fully saturated rings. The SMILES string of the molecule is c1ccc2cc3c(-c4csc5c4ccc4c6ccccc6ccc45)c(-c4cccc5ccccc45)ccc3cc2c1. The van der Waals surface area contributed by atoms with Crippen molar-refractivity contribution in [3.63, 3.8) is 0 Å². The highest BCUT2D eigenvalue weighted by Crippen LogP contribution is 2.47. The van der Waals surface area contributed by atoms with Crippen LogP contribution in [0, 0.1) is 0 Å². The number of thiophene rings is 1. The second kappa shape index (κ2) is 8.76. The second-order valence-corrected chi connectivity index (χ2v) is 11.8. The van der Waals surface area contributed by atoms with Crippen LogP contribution in [0.2, 0.25) is 0 Å². The van der Waals surface area contributed by atoms with Crippen LogP contribution < -0.4 is 0 Å². The maximum atomic E-state index is 2.40. The van der Waals surface area contributed by atoms with Gasteiger partial charge >= 0.3 is 0 Å². The molecule has 0 amide bonds. The Morgan fingerprint density at radius 1 is 0.317 bits per heavy atom. The molecule has 0 saturated carbocycles. The number of hydrogen-bond acceptors (Lipinski definition) is 1. The first-order chi connectivity index (χ1) is 20.3. The molecule has 8 aromatic carbocycles. The molecule has 0 atom stereocenters. The van der Waals surface area contributed by atoms with Crippen LogP contribution in [0.1, 0.15) is 0 Å². The van der Waals surface area contributed by atoms with E-state index in [4.69, 9.17) is 0 Å².